The summed E-state index contributed by atoms with van der Waals surface area (Å²) < 4.78 is 68.6. The Labute approximate surface area is 241 Å². The Morgan fingerprint density at radius 1 is 1.10 bits per heavy atom. The summed E-state index contributed by atoms with van der Waals surface area (Å²) in [5, 5.41) is 10.7. The summed E-state index contributed by atoms with van der Waals surface area (Å²) in [7, 11) is -4.45. The molecule has 0 bridgehead atoms. The largest absolute Gasteiger partial charge is 0.393 e. The average Bonchev–Trinajstić information content (AvgIpc) is 3.20. The molecule has 1 aliphatic carbocycles. The lowest BCUT2D eigenvalue weighted by atomic mass is 9.89. The first-order chi connectivity index (χ1) is 19.3. The monoisotopic (exact) mass is 610 g/mol. The number of hydrogen-bond acceptors (Lipinski definition) is 5. The molecule has 1 amide bonds. The summed E-state index contributed by atoms with van der Waals surface area (Å²) in [6.07, 6.45) is -3.01. The third-order valence-electron chi connectivity index (χ3n) is 7.72. The number of halogens is 4. The summed E-state index contributed by atoms with van der Waals surface area (Å²) >= 11 is 6.62. The zero-order chi connectivity index (χ0) is 29.5. The van der Waals surface area contributed by atoms with E-state index < -0.39 is 34.6 Å². The molecule has 7 nitrogen and oxygen atoms in total. The van der Waals surface area contributed by atoms with E-state index in [1.54, 1.807) is 24.3 Å². The minimum Gasteiger partial charge on any atom is -0.393 e. The molecule has 12 heteroatoms. The van der Waals surface area contributed by atoms with E-state index in [0.29, 0.717) is 46.9 Å². The van der Waals surface area contributed by atoms with Crippen molar-refractivity contribution in [2.24, 2.45) is 0 Å². The molecule has 2 aliphatic rings. The van der Waals surface area contributed by atoms with Crippen molar-refractivity contribution < 1.29 is 35.7 Å². The van der Waals surface area contributed by atoms with Gasteiger partial charge in [0, 0.05) is 24.7 Å². The van der Waals surface area contributed by atoms with Crippen LogP contribution in [0.5, 0.6) is 5.75 Å². The van der Waals surface area contributed by atoms with Crippen molar-refractivity contribution in [1.29, 1.82) is 0 Å². The number of para-hydroxylation sites is 1. The van der Waals surface area contributed by atoms with Crippen molar-refractivity contribution in [1.82, 2.24) is 9.47 Å². The molecular formula is C29H30ClF3N2O5S. The second-order valence-electron chi connectivity index (χ2n) is 10.5. The zero-order valence-electron chi connectivity index (χ0n) is 22.3. The van der Waals surface area contributed by atoms with Gasteiger partial charge in [-0.05, 0) is 80.1 Å². The van der Waals surface area contributed by atoms with Crippen LogP contribution in [0.15, 0.2) is 48.5 Å². The van der Waals surface area contributed by atoms with Gasteiger partial charge in [0.05, 0.1) is 40.2 Å². The number of hydrogen-bond donors (Lipinski definition) is 1. The summed E-state index contributed by atoms with van der Waals surface area (Å²) in [5.41, 5.74) is 4.10. The fourth-order valence-corrected chi connectivity index (χ4v) is 7.04. The summed E-state index contributed by atoms with van der Waals surface area (Å²) in [5.74, 6) is -1.41. The van der Waals surface area contributed by atoms with Crippen molar-refractivity contribution in [3.8, 4) is 22.7 Å². The van der Waals surface area contributed by atoms with Crippen LogP contribution in [-0.4, -0.2) is 59.5 Å². The first-order valence-electron chi connectivity index (χ1n) is 13.4. The number of carbonyl (C=O) groups excluding carboxylic acids is 1. The fourth-order valence-electron chi connectivity index (χ4n) is 5.85. The molecule has 5 rings (SSSR count). The number of aliphatic hydroxyl groups excluding tert-OH is 1. The van der Waals surface area contributed by atoms with E-state index in [-0.39, 0.29) is 17.7 Å². The smallest absolute Gasteiger partial charge is 0.390 e. The lowest BCUT2D eigenvalue weighted by Crippen LogP contribution is -2.47. The minimum atomic E-state index is -4.62. The normalized spacial score (nSPS) is 19.8. The molecule has 2 heterocycles. The third-order valence-corrected chi connectivity index (χ3v) is 9.19. The summed E-state index contributed by atoms with van der Waals surface area (Å²) in [6.45, 7) is 2.35. The predicted octanol–water partition coefficient (Wildman–Crippen LogP) is 6.07. The molecule has 1 N–H and O–H groups in total. The van der Waals surface area contributed by atoms with Gasteiger partial charge in [0.2, 0.25) is 0 Å². The molecule has 41 heavy (non-hydrogen) atoms. The maximum absolute atomic E-state index is 13.9. The molecule has 3 aromatic rings. The number of nitrogens with zero attached hydrogens (tertiary/aromatic N) is 2. The van der Waals surface area contributed by atoms with Gasteiger partial charge in [-0.3, -0.25) is 4.79 Å². The highest BCUT2D eigenvalue weighted by Crippen LogP contribution is 2.40. The van der Waals surface area contributed by atoms with Gasteiger partial charge in [0.25, 0.3) is 5.91 Å². The van der Waals surface area contributed by atoms with E-state index in [1.807, 2.05) is 28.5 Å². The number of carbonyl (C=O) groups is 1. The van der Waals surface area contributed by atoms with E-state index in [2.05, 4.69) is 0 Å². The van der Waals surface area contributed by atoms with Crippen LogP contribution in [0.1, 0.15) is 53.7 Å². The number of aromatic nitrogens is 1. The Morgan fingerprint density at radius 3 is 2.46 bits per heavy atom. The highest BCUT2D eigenvalue weighted by Gasteiger charge is 2.38. The number of aliphatic hydroxyl groups is 1. The van der Waals surface area contributed by atoms with Crippen molar-refractivity contribution in [2.45, 2.75) is 63.8 Å². The Morgan fingerprint density at radius 2 is 1.80 bits per heavy atom. The van der Waals surface area contributed by atoms with Crippen LogP contribution < -0.4 is 4.18 Å². The molecule has 1 fully saturated rings. The maximum Gasteiger partial charge on any atom is 0.390 e. The summed E-state index contributed by atoms with van der Waals surface area (Å²) in [6, 6.07) is 13.2. The second-order valence-corrected chi connectivity index (χ2v) is 12.6. The fraction of sp³-hybridized carbons (Fsp3) is 0.414. The van der Waals surface area contributed by atoms with Gasteiger partial charge in [-0.15, -0.1) is 0 Å². The first-order valence-corrected chi connectivity index (χ1v) is 15.4. The maximum atomic E-state index is 13.9. The van der Waals surface area contributed by atoms with Gasteiger partial charge in [0.15, 0.2) is 0 Å². The average molecular weight is 611 g/mol. The number of fused-ring (bicyclic) bond motifs is 1. The molecule has 0 spiro atoms. The van der Waals surface area contributed by atoms with Crippen LogP contribution in [-0.2, 0) is 16.5 Å². The summed E-state index contributed by atoms with van der Waals surface area (Å²) in [4.78, 5) is 15.8. The predicted molar refractivity (Wildman–Crippen MR) is 149 cm³/mol. The molecule has 1 saturated carbocycles. The third kappa shape index (κ3) is 6.27. The Hall–Kier alpha value is -3.02. The molecule has 2 aromatic carbocycles. The topological polar surface area (TPSA) is 88.8 Å². The molecule has 1 aliphatic heterocycles. The van der Waals surface area contributed by atoms with E-state index in [9.17, 15) is 31.5 Å². The van der Waals surface area contributed by atoms with Gasteiger partial charge in [-0.2, -0.15) is 21.6 Å². The van der Waals surface area contributed by atoms with Crippen LogP contribution in [0.25, 0.3) is 16.9 Å². The van der Waals surface area contributed by atoms with Gasteiger partial charge >= 0.3 is 16.3 Å². The van der Waals surface area contributed by atoms with Crippen molar-refractivity contribution in [2.75, 3.05) is 12.3 Å². The lowest BCUT2D eigenvalue weighted by Gasteiger charge is -2.38. The standard InChI is InChI=1S/C29H30ClF3N2O5S/c1-18-26-25(13-15-34(28(26)37)20-5-4-6-21(36)17-20)35(24-8-3-2-7-23(24)30)27(18)19-9-11-22(12-10-19)40-41(38,39)16-14-29(31,32)33/h2-3,7-12,20-21,36H,4-6,13-17H2,1H3. The van der Waals surface area contributed by atoms with E-state index in [1.165, 1.54) is 12.1 Å². The van der Waals surface area contributed by atoms with Crippen LogP contribution in [0.2, 0.25) is 5.02 Å². The van der Waals surface area contributed by atoms with Crippen LogP contribution in [0.3, 0.4) is 0 Å². The Balaban J connectivity index is 1.53. The lowest BCUT2D eigenvalue weighted by molar-refractivity contribution is -0.130. The van der Waals surface area contributed by atoms with Crippen molar-refractivity contribution >= 4 is 27.6 Å². The Kier molecular flexibility index (Phi) is 8.15. The number of alkyl halides is 3. The van der Waals surface area contributed by atoms with E-state index >= 15 is 0 Å². The SMILES string of the molecule is Cc1c2c(n(-c3ccccc3Cl)c1-c1ccc(OS(=O)(=O)CCC(F)(F)F)cc1)CCN(C1CCCC(O)C1)C2=O. The molecule has 2 unspecified atom stereocenters. The molecule has 0 saturated heterocycles. The minimum absolute atomic E-state index is 0.0401. The number of amides is 1. The van der Waals surface area contributed by atoms with Crippen LogP contribution in [0, 0.1) is 6.92 Å². The molecule has 2 atom stereocenters. The second kappa shape index (κ2) is 11.3. The molecule has 220 valence electrons. The van der Waals surface area contributed by atoms with Crippen molar-refractivity contribution in [3.05, 3.63) is 70.4 Å². The van der Waals surface area contributed by atoms with E-state index in [4.69, 9.17) is 15.8 Å². The van der Waals surface area contributed by atoms with Gasteiger partial charge < -0.3 is 18.8 Å². The first kappa shape index (κ1) is 29.5. The van der Waals surface area contributed by atoms with Gasteiger partial charge in [0.1, 0.15) is 5.75 Å². The van der Waals surface area contributed by atoms with Gasteiger partial charge in [-0.1, -0.05) is 23.7 Å². The van der Waals surface area contributed by atoms with Crippen molar-refractivity contribution in [3.63, 3.8) is 0 Å². The Bertz CT molecular complexity index is 1550. The van der Waals surface area contributed by atoms with Crippen LogP contribution in [0.4, 0.5) is 13.2 Å². The van der Waals surface area contributed by atoms with E-state index in [0.717, 1.165) is 30.5 Å². The molecular weight excluding hydrogens is 581 g/mol. The zero-order valence-corrected chi connectivity index (χ0v) is 23.9. The number of benzene rings is 2. The van der Waals surface area contributed by atoms with Crippen LogP contribution >= 0.6 is 11.6 Å². The van der Waals surface area contributed by atoms with Gasteiger partial charge in [-0.25, -0.2) is 0 Å². The number of rotatable bonds is 7. The quantitative estimate of drug-likeness (QED) is 0.328. The molecule has 0 radical (unpaired) electrons. The highest BCUT2D eigenvalue weighted by molar-refractivity contribution is 7.87. The highest BCUT2D eigenvalue weighted by atomic mass is 35.5. The molecule has 1 aromatic heterocycles.